The summed E-state index contributed by atoms with van der Waals surface area (Å²) in [6.07, 6.45) is 3.36. The molecule has 2 N–H and O–H groups in total. The van der Waals surface area contributed by atoms with Crippen molar-refractivity contribution in [1.29, 1.82) is 0 Å². The van der Waals surface area contributed by atoms with Gasteiger partial charge in [0.15, 0.2) is 9.84 Å². The van der Waals surface area contributed by atoms with E-state index in [9.17, 15) is 23.1 Å². The molecule has 0 unspecified atom stereocenters. The van der Waals surface area contributed by atoms with Gasteiger partial charge in [-0.1, -0.05) is 24.3 Å². The van der Waals surface area contributed by atoms with Crippen LogP contribution in [0.2, 0.25) is 0 Å². The lowest BCUT2D eigenvalue weighted by Crippen LogP contribution is -2.31. The molecule has 208 valence electrons. The number of sulfone groups is 1. The summed E-state index contributed by atoms with van der Waals surface area (Å²) in [5.74, 6) is -0.248. The average molecular weight is 563 g/mol. The Hall–Kier alpha value is -4.35. The first-order valence-corrected chi connectivity index (χ1v) is 14.3. The number of rotatable bonds is 7. The number of pyridine rings is 2. The molecular formula is C29H30N4O6S. The largest absolute Gasteiger partial charge is 0.444 e. The number of nitrogens with zero attached hydrogens (tertiary/aromatic N) is 3. The fourth-order valence-electron chi connectivity index (χ4n) is 4.14. The van der Waals surface area contributed by atoms with E-state index in [4.69, 9.17) is 4.74 Å². The number of carbonyl (C=O) groups is 2. The van der Waals surface area contributed by atoms with Gasteiger partial charge in [0.25, 0.3) is 5.91 Å². The highest BCUT2D eigenvalue weighted by Gasteiger charge is 2.25. The number of aromatic nitrogens is 2. The van der Waals surface area contributed by atoms with Gasteiger partial charge in [-0.05, 0) is 68.3 Å². The second-order valence-corrected chi connectivity index (χ2v) is 12.2. The highest BCUT2D eigenvalue weighted by Crippen LogP contribution is 2.29. The van der Waals surface area contributed by atoms with Crippen molar-refractivity contribution in [3.05, 3.63) is 89.7 Å². The molecule has 0 atom stereocenters. The highest BCUT2D eigenvalue weighted by molar-refractivity contribution is 7.90. The molecule has 0 aliphatic rings. The maximum absolute atomic E-state index is 13.7. The molecule has 10 nitrogen and oxygen atoms in total. The van der Waals surface area contributed by atoms with Crippen molar-refractivity contribution in [2.24, 2.45) is 0 Å². The van der Waals surface area contributed by atoms with Crippen LogP contribution in [0.15, 0.2) is 78.0 Å². The third kappa shape index (κ3) is 6.80. The van der Waals surface area contributed by atoms with Gasteiger partial charge in [-0.25, -0.2) is 18.2 Å². The Balaban J connectivity index is 1.77. The van der Waals surface area contributed by atoms with E-state index in [1.165, 1.54) is 17.2 Å². The van der Waals surface area contributed by atoms with Crippen molar-refractivity contribution >= 4 is 44.2 Å². The average Bonchev–Trinajstić information content (AvgIpc) is 2.89. The van der Waals surface area contributed by atoms with E-state index in [-0.39, 0.29) is 35.1 Å². The SMILES string of the molecule is CC(C)(C)OC(=O)Nc1cc(CO)c2ccc(CN(C(=O)c3cccnc3)c3ccccc3S(C)(=O)=O)cc2n1. The number of hydrogen-bond donors (Lipinski definition) is 2. The van der Waals surface area contributed by atoms with Crippen LogP contribution in [-0.4, -0.2) is 47.3 Å². The van der Waals surface area contributed by atoms with Crippen molar-refractivity contribution in [3.63, 3.8) is 0 Å². The van der Waals surface area contributed by atoms with Crippen LogP contribution < -0.4 is 10.2 Å². The van der Waals surface area contributed by atoms with Crippen LogP contribution in [0.25, 0.3) is 10.9 Å². The van der Waals surface area contributed by atoms with Gasteiger partial charge in [0.2, 0.25) is 0 Å². The van der Waals surface area contributed by atoms with Gasteiger partial charge < -0.3 is 14.7 Å². The quantitative estimate of drug-likeness (QED) is 0.330. The molecule has 4 aromatic rings. The van der Waals surface area contributed by atoms with Crippen LogP contribution in [0, 0.1) is 0 Å². The van der Waals surface area contributed by atoms with Crippen LogP contribution in [-0.2, 0) is 27.7 Å². The summed E-state index contributed by atoms with van der Waals surface area (Å²) in [4.78, 5) is 35.9. The maximum Gasteiger partial charge on any atom is 0.413 e. The molecular weight excluding hydrogens is 532 g/mol. The fraction of sp³-hybridized carbons (Fsp3) is 0.241. The summed E-state index contributed by atoms with van der Waals surface area (Å²) >= 11 is 0. The van der Waals surface area contributed by atoms with E-state index in [1.54, 1.807) is 81.6 Å². The summed E-state index contributed by atoms with van der Waals surface area (Å²) in [7, 11) is -3.66. The molecule has 0 radical (unpaired) electrons. The van der Waals surface area contributed by atoms with E-state index in [2.05, 4.69) is 15.3 Å². The summed E-state index contributed by atoms with van der Waals surface area (Å²) in [6.45, 7) is 4.94. The number of anilines is 2. The van der Waals surface area contributed by atoms with Gasteiger partial charge in [0, 0.05) is 24.0 Å². The molecule has 0 saturated carbocycles. The van der Waals surface area contributed by atoms with E-state index in [0.717, 1.165) is 6.26 Å². The third-order valence-corrected chi connectivity index (χ3v) is 6.95. The standard InChI is InChI=1S/C29H30N4O6S/c1-29(2,3)39-28(36)32-26-15-21(18-34)22-12-11-19(14-23(22)31-26)17-33(27(35)20-8-7-13-30-16-20)24-9-5-6-10-25(24)40(4,37)38/h5-16,34H,17-18H2,1-4H3,(H,31,32,36). The molecule has 11 heteroatoms. The second-order valence-electron chi connectivity index (χ2n) is 10.2. The van der Waals surface area contributed by atoms with E-state index in [0.29, 0.717) is 22.0 Å². The highest BCUT2D eigenvalue weighted by atomic mass is 32.2. The van der Waals surface area contributed by atoms with Crippen LogP contribution >= 0.6 is 0 Å². The first-order valence-electron chi connectivity index (χ1n) is 12.4. The van der Waals surface area contributed by atoms with Crippen molar-refractivity contribution in [2.75, 3.05) is 16.5 Å². The summed E-state index contributed by atoms with van der Waals surface area (Å²) in [5, 5.41) is 13.2. The second kappa shape index (κ2) is 11.4. The first kappa shape index (κ1) is 28.7. The maximum atomic E-state index is 13.7. The lowest BCUT2D eigenvalue weighted by molar-refractivity contribution is 0.0635. The summed E-state index contributed by atoms with van der Waals surface area (Å²) in [5.41, 5.74) is 1.44. The predicted octanol–water partition coefficient (Wildman–Crippen LogP) is 4.72. The fourth-order valence-corrected chi connectivity index (χ4v) is 5.02. The van der Waals surface area contributed by atoms with E-state index in [1.807, 2.05) is 0 Å². The topological polar surface area (TPSA) is 139 Å². The molecule has 0 fully saturated rings. The number of para-hydroxylation sites is 1. The van der Waals surface area contributed by atoms with Gasteiger partial charge in [-0.3, -0.25) is 15.1 Å². The minimum absolute atomic E-state index is 0.00998. The van der Waals surface area contributed by atoms with Gasteiger partial charge in [-0.2, -0.15) is 0 Å². The minimum atomic E-state index is -3.66. The molecule has 0 aliphatic carbocycles. The number of fused-ring (bicyclic) bond motifs is 1. The van der Waals surface area contributed by atoms with Crippen LogP contribution in [0.5, 0.6) is 0 Å². The Labute approximate surface area is 232 Å². The zero-order valence-corrected chi connectivity index (χ0v) is 23.4. The number of carbonyl (C=O) groups excluding carboxylic acids is 2. The number of aliphatic hydroxyl groups is 1. The zero-order chi connectivity index (χ0) is 29.1. The van der Waals surface area contributed by atoms with E-state index >= 15 is 0 Å². The van der Waals surface area contributed by atoms with Crippen LogP contribution in [0.3, 0.4) is 0 Å². The number of amides is 2. The van der Waals surface area contributed by atoms with Crippen LogP contribution in [0.4, 0.5) is 16.3 Å². The number of ether oxygens (including phenoxy) is 1. The zero-order valence-electron chi connectivity index (χ0n) is 22.6. The molecule has 0 spiro atoms. The van der Waals surface area contributed by atoms with Crippen LogP contribution in [0.1, 0.15) is 42.3 Å². The monoisotopic (exact) mass is 562 g/mol. The Morgan fingerprint density at radius 3 is 2.45 bits per heavy atom. The molecule has 2 amide bonds. The normalized spacial score (nSPS) is 11.7. The van der Waals surface area contributed by atoms with Gasteiger partial charge in [0.05, 0.1) is 34.8 Å². The Kier molecular flexibility index (Phi) is 8.17. The lowest BCUT2D eigenvalue weighted by atomic mass is 10.1. The van der Waals surface area contributed by atoms with E-state index < -0.39 is 27.4 Å². The number of hydrogen-bond acceptors (Lipinski definition) is 8. The predicted molar refractivity (Wildman–Crippen MR) is 152 cm³/mol. The van der Waals surface area contributed by atoms with Gasteiger partial charge in [-0.15, -0.1) is 0 Å². The smallest absolute Gasteiger partial charge is 0.413 e. The molecule has 40 heavy (non-hydrogen) atoms. The number of aliphatic hydroxyl groups excluding tert-OH is 1. The Morgan fingerprint density at radius 2 is 1.80 bits per heavy atom. The third-order valence-electron chi connectivity index (χ3n) is 5.81. The van der Waals surface area contributed by atoms with Crippen molar-refractivity contribution in [3.8, 4) is 0 Å². The number of benzene rings is 2. The molecule has 2 aromatic carbocycles. The van der Waals surface area contributed by atoms with Crippen molar-refractivity contribution in [1.82, 2.24) is 9.97 Å². The molecule has 0 saturated heterocycles. The van der Waals surface area contributed by atoms with Crippen molar-refractivity contribution < 1.29 is 27.9 Å². The first-order chi connectivity index (χ1) is 18.9. The molecule has 0 bridgehead atoms. The molecule has 2 heterocycles. The molecule has 2 aromatic heterocycles. The van der Waals surface area contributed by atoms with Crippen molar-refractivity contribution in [2.45, 2.75) is 44.4 Å². The molecule has 4 rings (SSSR count). The Morgan fingerprint density at radius 1 is 1.05 bits per heavy atom. The minimum Gasteiger partial charge on any atom is -0.444 e. The van der Waals surface area contributed by atoms with Gasteiger partial charge in [0.1, 0.15) is 11.4 Å². The lowest BCUT2D eigenvalue weighted by Gasteiger charge is -2.25. The van der Waals surface area contributed by atoms with Gasteiger partial charge >= 0.3 is 6.09 Å². The molecule has 0 aliphatic heterocycles. The number of nitrogens with one attached hydrogen (secondary N) is 1. The summed E-state index contributed by atoms with van der Waals surface area (Å²) in [6, 6.07) is 16.4. The Bertz CT molecular complexity index is 1670. The summed E-state index contributed by atoms with van der Waals surface area (Å²) < 4.78 is 30.5.